The number of rotatable bonds is 3. The summed E-state index contributed by atoms with van der Waals surface area (Å²) in [6.45, 7) is 3.56. The molecule has 1 heterocycles. The zero-order chi connectivity index (χ0) is 10.7. The minimum absolute atomic E-state index is 0.0443. The van der Waals surface area contributed by atoms with E-state index in [0.717, 1.165) is 0 Å². The number of ketones is 1. The number of alkyl halides is 1. The number of aryl methyl sites for hydroxylation is 1. The van der Waals surface area contributed by atoms with Crippen LogP contribution in [0.15, 0.2) is 11.1 Å². The molecule has 0 saturated heterocycles. The average Bonchev–Trinajstić information content (AvgIpc) is 2.19. The van der Waals surface area contributed by atoms with E-state index in [1.54, 1.807) is 13.8 Å². The highest BCUT2D eigenvalue weighted by Gasteiger charge is 2.06. The fourth-order valence-corrected chi connectivity index (χ4v) is 1.20. The monoisotopic (exact) mass is 258 g/mol. The minimum atomic E-state index is -0.146. The van der Waals surface area contributed by atoms with Gasteiger partial charge in [-0.05, 0) is 13.8 Å². The highest BCUT2D eigenvalue weighted by Crippen LogP contribution is 1.95. The van der Waals surface area contributed by atoms with Gasteiger partial charge in [-0.25, -0.2) is 4.98 Å². The van der Waals surface area contributed by atoms with Crippen molar-refractivity contribution in [3.63, 3.8) is 0 Å². The first-order valence-electron chi connectivity index (χ1n) is 4.16. The Morgan fingerprint density at radius 1 is 1.57 bits per heavy atom. The van der Waals surface area contributed by atoms with E-state index in [-0.39, 0.29) is 23.2 Å². The van der Waals surface area contributed by atoms with E-state index >= 15 is 0 Å². The topological polar surface area (TPSA) is 52.0 Å². The van der Waals surface area contributed by atoms with Crippen LogP contribution in [0.25, 0.3) is 0 Å². The van der Waals surface area contributed by atoms with Gasteiger partial charge in [-0.1, -0.05) is 15.9 Å². The fourth-order valence-electron chi connectivity index (χ4n) is 1.02. The van der Waals surface area contributed by atoms with Crippen LogP contribution in [0.1, 0.15) is 11.3 Å². The van der Waals surface area contributed by atoms with Gasteiger partial charge in [0, 0.05) is 11.3 Å². The lowest BCUT2D eigenvalue weighted by atomic mass is 10.3. The van der Waals surface area contributed by atoms with Crippen LogP contribution in [-0.2, 0) is 11.3 Å². The van der Waals surface area contributed by atoms with Crippen LogP contribution >= 0.6 is 15.9 Å². The number of carbonyl (C=O) groups is 1. The summed E-state index contributed by atoms with van der Waals surface area (Å²) in [5.74, 6) is -0.0443. The normalized spacial score (nSPS) is 10.2. The zero-order valence-corrected chi connectivity index (χ0v) is 9.67. The van der Waals surface area contributed by atoms with Crippen LogP contribution in [-0.4, -0.2) is 20.7 Å². The third-order valence-electron chi connectivity index (χ3n) is 2.01. The maximum atomic E-state index is 11.6. The van der Waals surface area contributed by atoms with E-state index in [1.165, 1.54) is 10.9 Å². The largest absolute Gasteiger partial charge is 0.297 e. The van der Waals surface area contributed by atoms with E-state index in [2.05, 4.69) is 20.9 Å². The maximum absolute atomic E-state index is 11.6. The first kappa shape index (κ1) is 11.1. The van der Waals surface area contributed by atoms with E-state index < -0.39 is 0 Å². The summed E-state index contributed by atoms with van der Waals surface area (Å²) in [7, 11) is 0. The molecule has 0 atom stereocenters. The first-order chi connectivity index (χ1) is 6.56. The molecule has 0 aliphatic heterocycles. The van der Waals surface area contributed by atoms with Gasteiger partial charge in [0.05, 0.1) is 18.2 Å². The lowest BCUT2D eigenvalue weighted by Gasteiger charge is -2.05. The number of hydrogen-bond donors (Lipinski definition) is 0. The second-order valence-corrected chi connectivity index (χ2v) is 3.62. The molecule has 76 valence electrons. The zero-order valence-electron chi connectivity index (χ0n) is 8.08. The maximum Gasteiger partial charge on any atom is 0.256 e. The van der Waals surface area contributed by atoms with Gasteiger partial charge in [-0.3, -0.25) is 14.2 Å². The molecule has 0 aromatic carbocycles. The van der Waals surface area contributed by atoms with Gasteiger partial charge in [0.25, 0.3) is 5.56 Å². The molecule has 0 aliphatic carbocycles. The molecule has 0 saturated carbocycles. The molecule has 0 fully saturated rings. The predicted molar refractivity (Wildman–Crippen MR) is 56.8 cm³/mol. The van der Waals surface area contributed by atoms with Gasteiger partial charge in [0.1, 0.15) is 0 Å². The predicted octanol–water partition coefficient (Wildman–Crippen LogP) is 0.824. The summed E-state index contributed by atoms with van der Waals surface area (Å²) in [5, 5.41) is 0.256. The van der Waals surface area contributed by atoms with Gasteiger partial charge in [0.2, 0.25) is 0 Å². The van der Waals surface area contributed by atoms with E-state index in [9.17, 15) is 9.59 Å². The molecule has 0 amide bonds. The molecule has 1 rings (SSSR count). The molecule has 0 radical (unpaired) electrons. The minimum Gasteiger partial charge on any atom is -0.297 e. The number of halogens is 1. The quantitative estimate of drug-likeness (QED) is 0.755. The summed E-state index contributed by atoms with van der Waals surface area (Å²) in [5.41, 5.74) is 1.15. The lowest BCUT2D eigenvalue weighted by Crippen LogP contribution is -2.27. The Labute approximate surface area is 90.1 Å². The molecule has 0 N–H and O–H groups in total. The summed E-state index contributed by atoms with van der Waals surface area (Å²) >= 11 is 3.04. The van der Waals surface area contributed by atoms with Crippen molar-refractivity contribution in [2.75, 3.05) is 5.33 Å². The lowest BCUT2D eigenvalue weighted by molar-refractivity contribution is -0.117. The van der Waals surface area contributed by atoms with Crippen LogP contribution < -0.4 is 5.56 Å². The summed E-state index contributed by atoms with van der Waals surface area (Å²) in [4.78, 5) is 26.7. The van der Waals surface area contributed by atoms with E-state index in [4.69, 9.17) is 0 Å². The van der Waals surface area contributed by atoms with Crippen molar-refractivity contribution in [1.29, 1.82) is 0 Å². The van der Waals surface area contributed by atoms with Crippen molar-refractivity contribution >= 4 is 21.7 Å². The molecule has 14 heavy (non-hydrogen) atoms. The van der Waals surface area contributed by atoms with Gasteiger partial charge in [-0.2, -0.15) is 0 Å². The molecular formula is C9H11BrN2O2. The molecule has 4 nitrogen and oxygen atoms in total. The Kier molecular flexibility index (Phi) is 3.57. The van der Waals surface area contributed by atoms with Crippen molar-refractivity contribution < 1.29 is 4.79 Å². The molecule has 0 spiro atoms. The summed E-state index contributed by atoms with van der Waals surface area (Å²) in [6.07, 6.45) is 1.41. The van der Waals surface area contributed by atoms with Crippen LogP contribution in [0.4, 0.5) is 0 Å². The fraction of sp³-hybridized carbons (Fsp3) is 0.444. The molecule has 0 bridgehead atoms. The third kappa shape index (κ3) is 2.29. The van der Waals surface area contributed by atoms with Crippen LogP contribution in [0.3, 0.4) is 0 Å². The number of Topliss-reactive ketones (excluding diaryl/α,β-unsaturated/α-hetero) is 1. The average molecular weight is 259 g/mol. The number of carbonyl (C=O) groups excluding carboxylic acids is 1. The van der Waals surface area contributed by atoms with Gasteiger partial charge >= 0.3 is 0 Å². The van der Waals surface area contributed by atoms with Crippen molar-refractivity contribution in [3.8, 4) is 0 Å². The van der Waals surface area contributed by atoms with Crippen molar-refractivity contribution in [1.82, 2.24) is 9.55 Å². The van der Waals surface area contributed by atoms with Gasteiger partial charge in [-0.15, -0.1) is 0 Å². The Bertz CT molecular complexity index is 412. The van der Waals surface area contributed by atoms with Crippen molar-refractivity contribution in [2.24, 2.45) is 0 Å². The van der Waals surface area contributed by atoms with E-state index in [1.807, 2.05) is 0 Å². The first-order valence-corrected chi connectivity index (χ1v) is 5.28. The molecule has 5 heteroatoms. The number of aromatic nitrogens is 2. The summed E-state index contributed by atoms with van der Waals surface area (Å²) < 4.78 is 1.33. The Morgan fingerprint density at radius 3 is 2.79 bits per heavy atom. The second-order valence-electron chi connectivity index (χ2n) is 3.06. The SMILES string of the molecule is Cc1ncn(CC(=O)CBr)c(=O)c1C. The van der Waals surface area contributed by atoms with E-state index in [0.29, 0.717) is 11.3 Å². The van der Waals surface area contributed by atoms with Gasteiger partial charge < -0.3 is 0 Å². The molecule has 1 aromatic heterocycles. The van der Waals surface area contributed by atoms with Crippen LogP contribution in [0.5, 0.6) is 0 Å². The highest BCUT2D eigenvalue weighted by molar-refractivity contribution is 9.09. The Balaban J connectivity index is 3.06. The van der Waals surface area contributed by atoms with Crippen LogP contribution in [0, 0.1) is 13.8 Å². The highest BCUT2D eigenvalue weighted by atomic mass is 79.9. The molecule has 0 unspecified atom stereocenters. The van der Waals surface area contributed by atoms with Crippen molar-refractivity contribution in [2.45, 2.75) is 20.4 Å². The van der Waals surface area contributed by atoms with Crippen molar-refractivity contribution in [3.05, 3.63) is 27.9 Å². The molecular weight excluding hydrogens is 248 g/mol. The summed E-state index contributed by atoms with van der Waals surface area (Å²) in [6, 6.07) is 0. The molecule has 0 aliphatic rings. The number of nitrogens with zero attached hydrogens (tertiary/aromatic N) is 2. The smallest absolute Gasteiger partial charge is 0.256 e. The standard InChI is InChI=1S/C9H11BrN2O2/c1-6-7(2)11-5-12(9(6)14)4-8(13)3-10/h5H,3-4H2,1-2H3. The second kappa shape index (κ2) is 4.50. The Morgan fingerprint density at radius 2 is 2.21 bits per heavy atom. The Hall–Kier alpha value is -0.970. The molecule has 1 aromatic rings. The number of hydrogen-bond acceptors (Lipinski definition) is 3. The van der Waals surface area contributed by atoms with Crippen LogP contribution in [0.2, 0.25) is 0 Å². The van der Waals surface area contributed by atoms with Gasteiger partial charge in [0.15, 0.2) is 5.78 Å². The third-order valence-corrected chi connectivity index (χ3v) is 2.64.